The van der Waals surface area contributed by atoms with E-state index in [0.717, 1.165) is 29.9 Å². The van der Waals surface area contributed by atoms with E-state index in [1.54, 1.807) is 11.9 Å². The van der Waals surface area contributed by atoms with Crippen LogP contribution in [0.1, 0.15) is 27.2 Å². The lowest BCUT2D eigenvalue weighted by Gasteiger charge is -2.24. The van der Waals surface area contributed by atoms with E-state index in [9.17, 15) is 4.79 Å². The summed E-state index contributed by atoms with van der Waals surface area (Å²) in [5, 5.41) is 0. The van der Waals surface area contributed by atoms with Gasteiger partial charge in [-0.15, -0.1) is 0 Å². The summed E-state index contributed by atoms with van der Waals surface area (Å²) in [6.07, 6.45) is 0.496. The van der Waals surface area contributed by atoms with Gasteiger partial charge < -0.3 is 24.8 Å². The quantitative estimate of drug-likeness (QED) is 0.842. The lowest BCUT2D eigenvalue weighted by Crippen LogP contribution is -2.35. The molecule has 2 aromatic rings. The van der Waals surface area contributed by atoms with Crippen molar-refractivity contribution in [2.75, 3.05) is 38.3 Å². The van der Waals surface area contributed by atoms with Crippen LogP contribution >= 0.6 is 0 Å². The van der Waals surface area contributed by atoms with Crippen molar-refractivity contribution < 1.29 is 9.53 Å². The van der Waals surface area contributed by atoms with Crippen LogP contribution in [0.3, 0.4) is 0 Å². The average molecular weight is 347 g/mol. The zero-order valence-electron chi connectivity index (χ0n) is 16.0. The first-order valence-corrected chi connectivity index (χ1v) is 8.45. The number of carbonyl (C=O) groups excluding carboxylic acids is 1. The number of benzene rings is 1. The molecule has 0 bridgehead atoms. The second kappa shape index (κ2) is 7.21. The third-order valence-electron chi connectivity index (χ3n) is 3.73. The average Bonchev–Trinajstić information content (AvgIpc) is 2.83. The van der Waals surface area contributed by atoms with Crippen LogP contribution in [0.25, 0.3) is 11.0 Å². The smallest absolute Gasteiger partial charge is 0.410 e. The van der Waals surface area contributed by atoms with Gasteiger partial charge in [-0.1, -0.05) is 0 Å². The minimum atomic E-state index is -0.482. The van der Waals surface area contributed by atoms with E-state index in [2.05, 4.69) is 9.55 Å². The van der Waals surface area contributed by atoms with Crippen molar-refractivity contribution in [1.29, 1.82) is 0 Å². The topological polar surface area (TPSA) is 76.6 Å². The van der Waals surface area contributed by atoms with Gasteiger partial charge >= 0.3 is 6.09 Å². The Morgan fingerprint density at radius 2 is 1.96 bits per heavy atom. The van der Waals surface area contributed by atoms with Crippen molar-refractivity contribution in [2.24, 2.45) is 0 Å². The van der Waals surface area contributed by atoms with Crippen molar-refractivity contribution in [3.8, 4) is 0 Å². The molecule has 7 heteroatoms. The van der Waals surface area contributed by atoms with Crippen molar-refractivity contribution in [3.05, 3.63) is 18.2 Å². The monoisotopic (exact) mass is 347 g/mol. The van der Waals surface area contributed by atoms with Gasteiger partial charge in [0.15, 0.2) is 0 Å². The maximum atomic E-state index is 12.0. The first-order chi connectivity index (χ1) is 11.6. The number of nitrogens with two attached hydrogens (primary N) is 1. The summed E-state index contributed by atoms with van der Waals surface area (Å²) in [5.74, 6) is 0.875. The highest BCUT2D eigenvalue weighted by molar-refractivity contribution is 5.82. The second-order valence-corrected chi connectivity index (χ2v) is 7.46. The molecule has 1 aromatic carbocycles. The molecule has 0 saturated carbocycles. The van der Waals surface area contributed by atoms with E-state index in [1.165, 1.54) is 0 Å². The van der Waals surface area contributed by atoms with Crippen molar-refractivity contribution in [2.45, 2.75) is 39.3 Å². The van der Waals surface area contributed by atoms with Crippen molar-refractivity contribution in [1.82, 2.24) is 14.5 Å². The molecule has 0 aliphatic heterocycles. The highest BCUT2D eigenvalue weighted by atomic mass is 16.6. The van der Waals surface area contributed by atoms with E-state index in [1.807, 2.05) is 58.0 Å². The van der Waals surface area contributed by atoms with Crippen LogP contribution in [0.15, 0.2) is 18.2 Å². The lowest BCUT2D eigenvalue weighted by atomic mass is 10.2. The Bertz CT molecular complexity index is 746. The molecule has 0 radical (unpaired) electrons. The number of aromatic nitrogens is 2. The Morgan fingerprint density at radius 1 is 1.28 bits per heavy atom. The molecule has 0 atom stereocenters. The fourth-order valence-corrected chi connectivity index (χ4v) is 2.59. The fraction of sp³-hybridized carbons (Fsp3) is 0.556. The number of anilines is 2. The van der Waals surface area contributed by atoms with Crippen LogP contribution in [0.4, 0.5) is 16.4 Å². The number of amides is 1. The summed E-state index contributed by atoms with van der Waals surface area (Å²) >= 11 is 0. The Balaban J connectivity index is 2.07. The molecule has 0 aliphatic carbocycles. The van der Waals surface area contributed by atoms with Crippen LogP contribution < -0.4 is 10.6 Å². The van der Waals surface area contributed by atoms with E-state index >= 15 is 0 Å². The molecule has 2 N–H and O–H groups in total. The predicted octanol–water partition coefficient (Wildman–Crippen LogP) is 2.94. The van der Waals surface area contributed by atoms with E-state index in [4.69, 9.17) is 10.5 Å². The number of hydrogen-bond acceptors (Lipinski definition) is 5. The molecule has 25 heavy (non-hydrogen) atoms. The number of rotatable bonds is 5. The Morgan fingerprint density at radius 3 is 2.56 bits per heavy atom. The molecule has 0 spiro atoms. The van der Waals surface area contributed by atoms with Crippen LogP contribution in [-0.2, 0) is 11.3 Å². The molecule has 0 saturated heterocycles. The molecule has 0 unspecified atom stereocenters. The molecular weight excluding hydrogens is 318 g/mol. The Hall–Kier alpha value is -2.44. The van der Waals surface area contributed by atoms with Crippen molar-refractivity contribution >= 4 is 28.8 Å². The van der Waals surface area contributed by atoms with Gasteiger partial charge in [-0.2, -0.15) is 0 Å². The largest absolute Gasteiger partial charge is 0.444 e. The molecule has 0 fully saturated rings. The van der Waals surface area contributed by atoms with Gasteiger partial charge in [-0.05, 0) is 45.4 Å². The minimum absolute atomic E-state index is 0.302. The first kappa shape index (κ1) is 18.9. The normalized spacial score (nSPS) is 11.6. The molecule has 7 nitrogen and oxygen atoms in total. The van der Waals surface area contributed by atoms with Gasteiger partial charge in [0.2, 0.25) is 5.95 Å². The summed E-state index contributed by atoms with van der Waals surface area (Å²) in [7, 11) is 5.69. The third-order valence-corrected chi connectivity index (χ3v) is 3.73. The molecule has 138 valence electrons. The molecule has 2 rings (SSSR count). The number of aryl methyl sites for hydroxylation is 1. The van der Waals surface area contributed by atoms with E-state index < -0.39 is 5.60 Å². The summed E-state index contributed by atoms with van der Waals surface area (Å²) in [6.45, 7) is 6.96. The molecule has 1 amide bonds. The molecule has 1 heterocycles. The maximum Gasteiger partial charge on any atom is 0.410 e. The number of hydrogen-bond donors (Lipinski definition) is 1. The van der Waals surface area contributed by atoms with E-state index in [0.29, 0.717) is 12.2 Å². The third kappa shape index (κ3) is 4.78. The Labute approximate surface area is 149 Å². The van der Waals surface area contributed by atoms with Gasteiger partial charge in [0, 0.05) is 39.9 Å². The lowest BCUT2D eigenvalue weighted by molar-refractivity contribution is 0.0295. The van der Waals surface area contributed by atoms with Crippen LogP contribution in [0.5, 0.6) is 0 Å². The van der Waals surface area contributed by atoms with E-state index in [-0.39, 0.29) is 6.09 Å². The molecule has 0 aliphatic rings. The number of carbonyl (C=O) groups is 1. The second-order valence-electron chi connectivity index (χ2n) is 7.46. The van der Waals surface area contributed by atoms with Gasteiger partial charge in [-0.25, -0.2) is 9.78 Å². The van der Waals surface area contributed by atoms with Gasteiger partial charge in [0.25, 0.3) is 0 Å². The number of nitrogen functional groups attached to an aromatic ring is 1. The zero-order chi connectivity index (χ0) is 18.8. The van der Waals surface area contributed by atoms with Gasteiger partial charge in [-0.3, -0.25) is 0 Å². The number of nitrogens with zero attached hydrogens (tertiary/aromatic N) is 4. The molecule has 1 aromatic heterocycles. The Kier molecular flexibility index (Phi) is 5.45. The van der Waals surface area contributed by atoms with Crippen LogP contribution in [0.2, 0.25) is 0 Å². The number of imidazole rings is 1. The van der Waals surface area contributed by atoms with Gasteiger partial charge in [0.1, 0.15) is 5.60 Å². The van der Waals surface area contributed by atoms with Crippen LogP contribution in [-0.4, -0.2) is 53.8 Å². The van der Waals surface area contributed by atoms with Gasteiger partial charge in [0.05, 0.1) is 11.0 Å². The highest BCUT2D eigenvalue weighted by Gasteiger charge is 2.19. The predicted molar refractivity (Wildman–Crippen MR) is 102 cm³/mol. The summed E-state index contributed by atoms with van der Waals surface area (Å²) in [5.41, 5.74) is 8.00. The fourth-order valence-electron chi connectivity index (χ4n) is 2.59. The minimum Gasteiger partial charge on any atom is -0.444 e. The zero-order valence-corrected chi connectivity index (χ0v) is 16.0. The van der Waals surface area contributed by atoms with Crippen LogP contribution in [0, 0.1) is 0 Å². The maximum absolute atomic E-state index is 12.0. The first-order valence-electron chi connectivity index (χ1n) is 8.45. The number of ether oxygens (including phenoxy) is 1. The van der Waals surface area contributed by atoms with Crippen molar-refractivity contribution in [3.63, 3.8) is 0 Å². The summed E-state index contributed by atoms with van der Waals surface area (Å²) in [4.78, 5) is 20.3. The SMILES string of the molecule is CN(CCCn1c(N(C)C)nc2cc(N)ccc21)C(=O)OC(C)(C)C. The highest BCUT2D eigenvalue weighted by Crippen LogP contribution is 2.24. The summed E-state index contributed by atoms with van der Waals surface area (Å²) < 4.78 is 7.53. The molecular formula is C18H29N5O2. The summed E-state index contributed by atoms with van der Waals surface area (Å²) in [6, 6.07) is 5.75. The standard InChI is InChI=1S/C18H29N5O2/c1-18(2,3)25-17(24)22(6)10-7-11-23-15-9-8-13(19)12-14(15)20-16(23)21(4)5/h8-9,12H,7,10-11,19H2,1-6H3. The number of fused-ring (bicyclic) bond motifs is 1.